The van der Waals surface area contributed by atoms with Gasteiger partial charge in [-0.25, -0.2) is 0 Å². The normalized spacial score (nSPS) is 40.2. The monoisotopic (exact) mass is 279 g/mol. The molecule has 4 fully saturated rings. The van der Waals surface area contributed by atoms with Crippen LogP contribution in [-0.4, -0.2) is 25.8 Å². The zero-order chi connectivity index (χ0) is 14.0. The van der Waals surface area contributed by atoms with Crippen molar-refractivity contribution < 1.29 is 4.74 Å². The summed E-state index contributed by atoms with van der Waals surface area (Å²) in [4.78, 5) is 0. The lowest BCUT2D eigenvalue weighted by molar-refractivity contribution is -0.0661. The predicted molar refractivity (Wildman–Crippen MR) is 83.8 cm³/mol. The molecule has 4 aliphatic rings. The lowest BCUT2D eigenvalue weighted by Crippen LogP contribution is -2.49. The van der Waals surface area contributed by atoms with Gasteiger partial charge in [0.2, 0.25) is 0 Å². The van der Waals surface area contributed by atoms with Crippen molar-refractivity contribution in [2.24, 2.45) is 23.2 Å². The molecule has 20 heavy (non-hydrogen) atoms. The van der Waals surface area contributed by atoms with Crippen molar-refractivity contribution in [1.29, 1.82) is 0 Å². The first-order valence-corrected chi connectivity index (χ1v) is 9.04. The highest BCUT2D eigenvalue weighted by atomic mass is 16.5. The summed E-state index contributed by atoms with van der Waals surface area (Å²) in [6, 6.07) is 0.589. The maximum atomic E-state index is 5.74. The molecule has 0 aromatic heterocycles. The molecule has 116 valence electrons. The highest BCUT2D eigenvalue weighted by Gasteiger charge is 2.51. The second-order valence-electron chi connectivity index (χ2n) is 7.93. The summed E-state index contributed by atoms with van der Waals surface area (Å²) in [6.07, 6.45) is 11.8. The van der Waals surface area contributed by atoms with Crippen LogP contribution in [0.2, 0.25) is 0 Å². The zero-order valence-electron chi connectivity index (χ0n) is 13.5. The van der Waals surface area contributed by atoms with E-state index in [0.29, 0.717) is 11.5 Å². The quantitative estimate of drug-likeness (QED) is 0.725. The molecule has 1 atom stereocenters. The van der Waals surface area contributed by atoms with Gasteiger partial charge in [0, 0.05) is 12.6 Å². The van der Waals surface area contributed by atoms with Crippen molar-refractivity contribution in [1.82, 2.24) is 5.32 Å². The summed E-state index contributed by atoms with van der Waals surface area (Å²) in [7, 11) is 0. The van der Waals surface area contributed by atoms with Crippen LogP contribution >= 0.6 is 0 Å². The van der Waals surface area contributed by atoms with E-state index in [1.54, 1.807) is 19.3 Å². The lowest BCUT2D eigenvalue weighted by atomic mass is 9.48. The maximum Gasteiger partial charge on any atom is 0.0619 e. The summed E-state index contributed by atoms with van der Waals surface area (Å²) in [5, 5.41) is 3.75. The molecule has 0 spiro atoms. The first kappa shape index (κ1) is 14.8. The van der Waals surface area contributed by atoms with Crippen LogP contribution in [0.4, 0.5) is 0 Å². The predicted octanol–water partition coefficient (Wildman–Crippen LogP) is 4.00. The fourth-order valence-electron chi connectivity index (χ4n) is 5.86. The Morgan fingerprint density at radius 3 is 2.15 bits per heavy atom. The summed E-state index contributed by atoms with van der Waals surface area (Å²) in [6.45, 7) is 7.28. The largest absolute Gasteiger partial charge is 0.380 e. The van der Waals surface area contributed by atoms with Crippen molar-refractivity contribution in [2.45, 2.75) is 71.3 Å². The van der Waals surface area contributed by atoms with E-state index in [-0.39, 0.29) is 0 Å². The SMILES string of the molecule is CCCNC(COCC)CC12CC3CC(CC(C3)C1)C2. The molecule has 0 heterocycles. The molecule has 4 bridgehead atoms. The topological polar surface area (TPSA) is 21.3 Å². The summed E-state index contributed by atoms with van der Waals surface area (Å²) < 4.78 is 5.74. The minimum absolute atomic E-state index is 0.589. The van der Waals surface area contributed by atoms with Crippen molar-refractivity contribution in [3.05, 3.63) is 0 Å². The van der Waals surface area contributed by atoms with E-state index in [1.165, 1.54) is 32.1 Å². The molecule has 4 saturated carbocycles. The Bertz CT molecular complexity index is 271. The molecule has 0 radical (unpaired) electrons. The molecule has 0 aliphatic heterocycles. The Hall–Kier alpha value is -0.0800. The number of hydrogen-bond donors (Lipinski definition) is 1. The standard InChI is InChI=1S/C18H33NO/c1-3-5-19-17(13-20-4-2)12-18-9-14-6-15(10-18)8-16(7-14)11-18/h14-17,19H,3-13H2,1-2H3. The second kappa shape index (κ2) is 6.36. The third kappa shape index (κ3) is 3.22. The molecule has 1 unspecified atom stereocenters. The van der Waals surface area contributed by atoms with Crippen molar-refractivity contribution in [3.8, 4) is 0 Å². The first-order valence-electron chi connectivity index (χ1n) is 9.04. The minimum Gasteiger partial charge on any atom is -0.380 e. The van der Waals surface area contributed by atoms with Gasteiger partial charge >= 0.3 is 0 Å². The van der Waals surface area contributed by atoms with Crippen LogP contribution < -0.4 is 5.32 Å². The van der Waals surface area contributed by atoms with Gasteiger partial charge in [0.25, 0.3) is 0 Å². The molecule has 2 nitrogen and oxygen atoms in total. The van der Waals surface area contributed by atoms with E-state index >= 15 is 0 Å². The van der Waals surface area contributed by atoms with Crippen LogP contribution in [0.15, 0.2) is 0 Å². The van der Waals surface area contributed by atoms with Gasteiger partial charge < -0.3 is 10.1 Å². The number of rotatable bonds is 8. The fraction of sp³-hybridized carbons (Fsp3) is 1.00. The van der Waals surface area contributed by atoms with E-state index in [9.17, 15) is 0 Å². The van der Waals surface area contributed by atoms with E-state index in [4.69, 9.17) is 4.74 Å². The first-order chi connectivity index (χ1) is 9.73. The van der Waals surface area contributed by atoms with Crippen LogP contribution in [0.25, 0.3) is 0 Å². The molecular formula is C18H33NO. The molecule has 4 aliphatic carbocycles. The van der Waals surface area contributed by atoms with Crippen LogP contribution in [0.1, 0.15) is 65.2 Å². The molecule has 2 heteroatoms. The molecule has 4 rings (SSSR count). The van der Waals surface area contributed by atoms with Crippen LogP contribution in [0.5, 0.6) is 0 Å². The highest BCUT2D eigenvalue weighted by molar-refractivity contribution is 5.02. The third-order valence-electron chi connectivity index (χ3n) is 6.05. The van der Waals surface area contributed by atoms with Crippen molar-refractivity contribution in [3.63, 3.8) is 0 Å². The van der Waals surface area contributed by atoms with Gasteiger partial charge in [0.15, 0.2) is 0 Å². The molecule has 0 saturated heterocycles. The molecular weight excluding hydrogens is 246 g/mol. The van der Waals surface area contributed by atoms with Crippen molar-refractivity contribution in [2.75, 3.05) is 19.8 Å². The minimum atomic E-state index is 0.589. The van der Waals surface area contributed by atoms with Crippen LogP contribution in [0.3, 0.4) is 0 Å². The van der Waals surface area contributed by atoms with Gasteiger partial charge in [-0.3, -0.25) is 0 Å². The molecule has 0 aromatic carbocycles. The second-order valence-corrected chi connectivity index (χ2v) is 7.93. The van der Waals surface area contributed by atoms with Gasteiger partial charge in [-0.05, 0) is 88.0 Å². The van der Waals surface area contributed by atoms with E-state index in [2.05, 4.69) is 19.2 Å². The highest BCUT2D eigenvalue weighted by Crippen LogP contribution is 2.61. The van der Waals surface area contributed by atoms with Gasteiger partial charge in [0.05, 0.1) is 6.61 Å². The Kier molecular flexibility index (Phi) is 4.72. The summed E-state index contributed by atoms with van der Waals surface area (Å²) in [5.41, 5.74) is 0.678. The number of hydrogen-bond acceptors (Lipinski definition) is 2. The van der Waals surface area contributed by atoms with Crippen LogP contribution in [-0.2, 0) is 4.74 Å². The van der Waals surface area contributed by atoms with Gasteiger partial charge in [-0.2, -0.15) is 0 Å². The maximum absolute atomic E-state index is 5.74. The Morgan fingerprint density at radius 2 is 1.65 bits per heavy atom. The lowest BCUT2D eigenvalue weighted by Gasteiger charge is -2.57. The van der Waals surface area contributed by atoms with Crippen LogP contribution in [0, 0.1) is 23.2 Å². The molecule has 1 N–H and O–H groups in total. The van der Waals surface area contributed by atoms with Gasteiger partial charge in [-0.15, -0.1) is 0 Å². The van der Waals surface area contributed by atoms with Gasteiger partial charge in [0.1, 0.15) is 0 Å². The van der Waals surface area contributed by atoms with E-state index in [0.717, 1.165) is 37.5 Å². The average Bonchev–Trinajstić information content (AvgIpc) is 2.40. The average molecular weight is 279 g/mol. The summed E-state index contributed by atoms with van der Waals surface area (Å²) >= 11 is 0. The smallest absolute Gasteiger partial charge is 0.0619 e. The molecule has 0 aromatic rings. The Morgan fingerprint density at radius 1 is 1.05 bits per heavy atom. The number of nitrogens with one attached hydrogen (secondary N) is 1. The Labute approximate surface area is 125 Å². The Balaban J connectivity index is 1.61. The van der Waals surface area contributed by atoms with Crippen molar-refractivity contribution >= 4 is 0 Å². The fourth-order valence-corrected chi connectivity index (χ4v) is 5.86. The summed E-state index contributed by atoms with van der Waals surface area (Å²) in [5.74, 6) is 3.21. The zero-order valence-corrected chi connectivity index (χ0v) is 13.5. The molecule has 0 amide bonds. The van der Waals surface area contributed by atoms with E-state index < -0.39 is 0 Å². The third-order valence-corrected chi connectivity index (χ3v) is 6.05. The number of ether oxygens (including phenoxy) is 1. The van der Waals surface area contributed by atoms with Gasteiger partial charge in [-0.1, -0.05) is 6.92 Å². The van der Waals surface area contributed by atoms with E-state index in [1.807, 2.05) is 0 Å².